The van der Waals surface area contributed by atoms with E-state index in [4.69, 9.17) is 9.47 Å². The highest BCUT2D eigenvalue weighted by atomic mass is 32.1. The predicted molar refractivity (Wildman–Crippen MR) is 84.7 cm³/mol. The number of hydrogen-bond donors (Lipinski definition) is 1. The molecule has 0 saturated carbocycles. The molecule has 0 unspecified atom stereocenters. The van der Waals surface area contributed by atoms with Crippen molar-refractivity contribution in [2.75, 3.05) is 32.5 Å². The largest absolute Gasteiger partial charge is 0.466 e. The average molecular weight is 354 g/mol. The highest BCUT2D eigenvalue weighted by Gasteiger charge is 2.33. The van der Waals surface area contributed by atoms with E-state index >= 15 is 0 Å². The molecule has 0 fully saturated rings. The first-order valence-corrected chi connectivity index (χ1v) is 7.07. The Labute approximate surface area is 142 Å². The van der Waals surface area contributed by atoms with Gasteiger partial charge in [-0.15, -0.1) is 12.6 Å². The lowest BCUT2D eigenvalue weighted by Gasteiger charge is -2.31. The molecule has 9 nitrogen and oxygen atoms in total. The molecule has 0 radical (unpaired) electrons. The Morgan fingerprint density at radius 2 is 1.96 bits per heavy atom. The van der Waals surface area contributed by atoms with Crippen LogP contribution in [0.3, 0.4) is 0 Å². The summed E-state index contributed by atoms with van der Waals surface area (Å²) in [6, 6.07) is 3.91. The molecule has 0 bridgehead atoms. The van der Waals surface area contributed by atoms with Gasteiger partial charge in [0.25, 0.3) is 5.69 Å². The Morgan fingerprint density at radius 1 is 1.29 bits per heavy atom. The normalized spacial score (nSPS) is 14.4. The average Bonchev–Trinajstić information content (AvgIpc) is 2.59. The first kappa shape index (κ1) is 17.8. The monoisotopic (exact) mass is 354 g/mol. The summed E-state index contributed by atoms with van der Waals surface area (Å²) in [5.41, 5.74) is 0.130. The number of benzene rings is 1. The molecule has 2 rings (SSSR count). The van der Waals surface area contributed by atoms with Gasteiger partial charge in [0.15, 0.2) is 0 Å². The fourth-order valence-corrected chi connectivity index (χ4v) is 2.51. The molecule has 1 aromatic carbocycles. The van der Waals surface area contributed by atoms with Crippen LogP contribution in [0.5, 0.6) is 0 Å². The van der Waals surface area contributed by atoms with Crippen LogP contribution < -0.4 is 4.90 Å². The molecule has 1 aliphatic rings. The third-order valence-corrected chi connectivity index (χ3v) is 3.65. The zero-order valence-corrected chi connectivity index (χ0v) is 13.7. The smallest absolute Gasteiger partial charge is 0.355 e. The maximum Gasteiger partial charge on any atom is 0.355 e. The number of nitro groups is 1. The molecule has 24 heavy (non-hydrogen) atoms. The number of thiol groups is 1. The van der Waals surface area contributed by atoms with Crippen LogP contribution in [0, 0.1) is 10.1 Å². The highest BCUT2D eigenvalue weighted by molar-refractivity contribution is 7.80. The summed E-state index contributed by atoms with van der Waals surface area (Å²) >= 11 is 4.22. The van der Waals surface area contributed by atoms with Gasteiger partial charge in [-0.25, -0.2) is 9.59 Å². The number of carbonyl (C=O) groups is 2. The molecule has 1 aliphatic heterocycles. The van der Waals surface area contributed by atoms with Gasteiger partial charge < -0.3 is 19.1 Å². The van der Waals surface area contributed by atoms with Crippen molar-refractivity contribution in [2.24, 2.45) is 0 Å². The molecular formula is C14H14N2O7S. The van der Waals surface area contributed by atoms with E-state index in [-0.39, 0.29) is 35.2 Å². The Hall–Kier alpha value is -2.59. The summed E-state index contributed by atoms with van der Waals surface area (Å²) in [6.45, 7) is -0.182. The number of hydrogen-bond acceptors (Lipinski definition) is 9. The molecule has 10 heteroatoms. The van der Waals surface area contributed by atoms with Crippen molar-refractivity contribution in [3.05, 3.63) is 39.6 Å². The van der Waals surface area contributed by atoms with Crippen LogP contribution >= 0.6 is 12.6 Å². The molecule has 128 valence electrons. The molecule has 0 aromatic heterocycles. The highest BCUT2D eigenvalue weighted by Crippen LogP contribution is 2.33. The van der Waals surface area contributed by atoms with Gasteiger partial charge in [0.05, 0.1) is 37.0 Å². The number of ether oxygens (including phenoxy) is 3. The van der Waals surface area contributed by atoms with E-state index < -0.39 is 16.9 Å². The number of esters is 2. The fourth-order valence-electron chi connectivity index (χ4n) is 2.19. The summed E-state index contributed by atoms with van der Waals surface area (Å²) in [5, 5.41) is 10.8. The van der Waals surface area contributed by atoms with Gasteiger partial charge in [-0.05, 0) is 6.07 Å². The number of nitrogens with zero attached hydrogens (tertiary/aromatic N) is 2. The summed E-state index contributed by atoms with van der Waals surface area (Å²) in [7, 11) is 2.36. The first-order chi connectivity index (χ1) is 11.4. The zero-order chi connectivity index (χ0) is 17.9. The molecule has 0 atom stereocenters. The number of anilines is 1. The van der Waals surface area contributed by atoms with Crippen LogP contribution in [-0.4, -0.2) is 44.4 Å². The van der Waals surface area contributed by atoms with Gasteiger partial charge in [0.2, 0.25) is 0 Å². The van der Waals surface area contributed by atoms with Crippen LogP contribution in [-0.2, 0) is 23.8 Å². The molecule has 0 saturated heterocycles. The Kier molecular flexibility index (Phi) is 5.42. The van der Waals surface area contributed by atoms with Gasteiger partial charge in [-0.3, -0.25) is 10.1 Å². The lowest BCUT2D eigenvalue weighted by Crippen LogP contribution is -2.39. The zero-order valence-electron chi connectivity index (χ0n) is 12.8. The maximum absolute atomic E-state index is 12.1. The summed E-state index contributed by atoms with van der Waals surface area (Å²) < 4.78 is 14.7. The molecule has 0 aliphatic carbocycles. The van der Waals surface area contributed by atoms with Crippen molar-refractivity contribution in [1.82, 2.24) is 0 Å². The van der Waals surface area contributed by atoms with Gasteiger partial charge >= 0.3 is 11.9 Å². The topological polar surface area (TPSA) is 108 Å². The van der Waals surface area contributed by atoms with E-state index in [9.17, 15) is 19.7 Å². The number of methoxy groups -OCH3 is 2. The third-order valence-electron chi connectivity index (χ3n) is 3.29. The summed E-state index contributed by atoms with van der Waals surface area (Å²) in [6.07, 6.45) is 0. The lowest BCUT2D eigenvalue weighted by molar-refractivity contribution is -0.385. The van der Waals surface area contributed by atoms with Crippen LogP contribution in [0.15, 0.2) is 34.4 Å². The molecule has 0 N–H and O–H groups in total. The first-order valence-electron chi connectivity index (χ1n) is 6.63. The number of carbonyl (C=O) groups excluding carboxylic acids is 2. The predicted octanol–water partition coefficient (Wildman–Crippen LogP) is 1.28. The van der Waals surface area contributed by atoms with Gasteiger partial charge in [-0.2, -0.15) is 0 Å². The van der Waals surface area contributed by atoms with E-state index in [0.717, 1.165) is 0 Å². The fraction of sp³-hybridized carbons (Fsp3) is 0.286. The van der Waals surface area contributed by atoms with Crippen LogP contribution in [0.4, 0.5) is 11.4 Å². The molecule has 0 amide bonds. The van der Waals surface area contributed by atoms with Crippen molar-refractivity contribution >= 4 is 35.9 Å². The van der Waals surface area contributed by atoms with Crippen molar-refractivity contribution in [1.29, 1.82) is 0 Å². The van der Waals surface area contributed by atoms with E-state index in [1.54, 1.807) is 0 Å². The number of rotatable bonds is 4. The van der Waals surface area contributed by atoms with E-state index in [0.29, 0.717) is 5.69 Å². The Balaban J connectivity index is 2.57. The van der Waals surface area contributed by atoms with Gasteiger partial charge in [0, 0.05) is 17.0 Å². The van der Waals surface area contributed by atoms with Crippen molar-refractivity contribution in [2.45, 2.75) is 4.90 Å². The van der Waals surface area contributed by atoms with Crippen LogP contribution in [0.25, 0.3) is 0 Å². The van der Waals surface area contributed by atoms with E-state index in [1.165, 1.54) is 37.3 Å². The second-order valence-electron chi connectivity index (χ2n) is 4.65. The standard InChI is InChI=1S/C14H14N2O7S/c1-21-13(17)9-6-23-7-15(12(9)14(18)22-2)10-4-3-8(16(19)20)5-11(10)24/h3-5,24H,6-7H2,1-2H3. The third kappa shape index (κ3) is 3.34. The minimum atomic E-state index is -0.759. The van der Waals surface area contributed by atoms with Crippen LogP contribution in [0.2, 0.25) is 0 Å². The second kappa shape index (κ2) is 7.32. The quantitative estimate of drug-likeness (QED) is 0.373. The van der Waals surface area contributed by atoms with Crippen molar-refractivity contribution in [3.8, 4) is 0 Å². The second-order valence-corrected chi connectivity index (χ2v) is 5.13. The maximum atomic E-state index is 12.1. The Bertz CT molecular complexity index is 732. The SMILES string of the molecule is COC(=O)C1=C(C(=O)OC)N(c2ccc([N+](=O)[O-])cc2S)COC1. The minimum Gasteiger partial charge on any atom is -0.466 e. The minimum absolute atomic E-state index is 0.0123. The van der Waals surface area contributed by atoms with Gasteiger partial charge in [-0.1, -0.05) is 0 Å². The molecule has 1 aromatic rings. The van der Waals surface area contributed by atoms with Gasteiger partial charge in [0.1, 0.15) is 12.4 Å². The summed E-state index contributed by atoms with van der Waals surface area (Å²) in [5.74, 6) is -1.49. The Morgan fingerprint density at radius 3 is 2.50 bits per heavy atom. The summed E-state index contributed by atoms with van der Waals surface area (Å²) in [4.78, 5) is 35.9. The van der Waals surface area contributed by atoms with Crippen LogP contribution in [0.1, 0.15) is 0 Å². The molecule has 0 spiro atoms. The van der Waals surface area contributed by atoms with E-state index in [2.05, 4.69) is 17.4 Å². The van der Waals surface area contributed by atoms with Crippen molar-refractivity contribution in [3.63, 3.8) is 0 Å². The van der Waals surface area contributed by atoms with Crippen molar-refractivity contribution < 1.29 is 28.7 Å². The van der Waals surface area contributed by atoms with E-state index in [1.807, 2.05) is 0 Å². The number of non-ortho nitro benzene ring substituents is 1. The molecular weight excluding hydrogens is 340 g/mol. The lowest BCUT2D eigenvalue weighted by atomic mass is 10.1. The number of nitro benzene ring substituents is 1. The molecule has 1 heterocycles.